The molecule has 162 valence electrons. The summed E-state index contributed by atoms with van der Waals surface area (Å²) in [5.41, 5.74) is 2.25. The van der Waals surface area contributed by atoms with Crippen LogP contribution in [0.15, 0.2) is 53.4 Å². The number of nitrogens with one attached hydrogen (secondary N) is 2. The Morgan fingerprint density at radius 1 is 1.07 bits per heavy atom. The molecule has 0 aromatic heterocycles. The first-order valence-corrected chi connectivity index (χ1v) is 12.0. The first kappa shape index (κ1) is 22.7. The molecule has 0 saturated carbocycles. The quantitative estimate of drug-likeness (QED) is 0.596. The Morgan fingerprint density at radius 3 is 2.27 bits per heavy atom. The van der Waals surface area contributed by atoms with Gasteiger partial charge in [-0.2, -0.15) is 4.31 Å². The summed E-state index contributed by atoms with van der Waals surface area (Å²) in [6, 6.07) is 14.0. The van der Waals surface area contributed by atoms with Crippen molar-refractivity contribution in [2.75, 3.05) is 23.7 Å². The van der Waals surface area contributed by atoms with Gasteiger partial charge in [-0.15, -0.1) is 0 Å². The van der Waals surface area contributed by atoms with E-state index in [0.29, 0.717) is 35.7 Å². The van der Waals surface area contributed by atoms with E-state index in [0.717, 1.165) is 17.7 Å². The molecule has 6 nitrogen and oxygen atoms in total. The third-order valence-electron chi connectivity index (χ3n) is 5.21. The van der Waals surface area contributed by atoms with Crippen LogP contribution in [0, 0.1) is 11.8 Å². The van der Waals surface area contributed by atoms with Crippen LogP contribution in [-0.4, -0.2) is 36.0 Å². The average Bonchev–Trinajstić information content (AvgIpc) is 2.67. The zero-order valence-corrected chi connectivity index (χ0v) is 19.1. The first-order valence-electron chi connectivity index (χ1n) is 10.1. The molecule has 0 aliphatic carbocycles. The fourth-order valence-electron chi connectivity index (χ4n) is 3.83. The van der Waals surface area contributed by atoms with Gasteiger partial charge in [-0.3, -0.25) is 0 Å². The number of sulfonamides is 1. The van der Waals surface area contributed by atoms with E-state index in [-0.39, 0.29) is 4.90 Å². The number of anilines is 2. The number of aliphatic hydroxyl groups excluding tert-OH is 1. The minimum Gasteiger partial charge on any atom is -0.389 e. The van der Waals surface area contributed by atoms with E-state index in [1.807, 2.05) is 24.3 Å². The Hall–Kier alpha value is -2.00. The molecule has 3 atom stereocenters. The third kappa shape index (κ3) is 5.57. The number of hydrogen-bond donors (Lipinski definition) is 3. The fraction of sp³-hybridized carbons (Fsp3) is 0.409. The summed E-state index contributed by atoms with van der Waals surface area (Å²) in [7, 11) is -3.50. The van der Waals surface area contributed by atoms with Gasteiger partial charge in [-0.1, -0.05) is 26.0 Å². The monoisotopic (exact) mass is 447 g/mol. The molecule has 0 bridgehead atoms. The average molecular weight is 448 g/mol. The summed E-state index contributed by atoms with van der Waals surface area (Å²) in [5, 5.41) is 16.2. The SMILES string of the molecule is C[C@H]1C[C@H](C)CN(S(=O)(=O)c2ccc(NC(=S)Nc3cccc([C@@H](C)O)c3)cc2)C1. The summed E-state index contributed by atoms with van der Waals surface area (Å²) < 4.78 is 27.6. The largest absolute Gasteiger partial charge is 0.389 e. The van der Waals surface area contributed by atoms with Crippen LogP contribution in [-0.2, 0) is 10.0 Å². The van der Waals surface area contributed by atoms with Crippen LogP contribution in [0.4, 0.5) is 11.4 Å². The zero-order valence-electron chi connectivity index (χ0n) is 17.5. The summed E-state index contributed by atoms with van der Waals surface area (Å²) in [6.45, 7) is 7.01. The van der Waals surface area contributed by atoms with Crippen LogP contribution in [0.3, 0.4) is 0 Å². The number of benzene rings is 2. The molecule has 1 saturated heterocycles. The van der Waals surface area contributed by atoms with Gasteiger partial charge in [0.25, 0.3) is 0 Å². The number of aliphatic hydroxyl groups is 1. The van der Waals surface area contributed by atoms with Crippen molar-refractivity contribution in [1.29, 1.82) is 0 Å². The highest BCUT2D eigenvalue weighted by molar-refractivity contribution is 7.89. The Balaban J connectivity index is 1.65. The van der Waals surface area contributed by atoms with Gasteiger partial charge in [0.05, 0.1) is 11.0 Å². The number of thiocarbonyl (C=S) groups is 1. The van der Waals surface area contributed by atoms with Crippen molar-refractivity contribution in [2.24, 2.45) is 11.8 Å². The van der Waals surface area contributed by atoms with Crippen molar-refractivity contribution in [2.45, 2.75) is 38.2 Å². The van der Waals surface area contributed by atoms with Crippen LogP contribution in [0.2, 0.25) is 0 Å². The second-order valence-electron chi connectivity index (χ2n) is 8.17. The summed E-state index contributed by atoms with van der Waals surface area (Å²) in [5.74, 6) is 0.723. The Bertz CT molecular complexity index is 981. The maximum Gasteiger partial charge on any atom is 0.243 e. The fourth-order valence-corrected chi connectivity index (χ4v) is 5.75. The third-order valence-corrected chi connectivity index (χ3v) is 7.26. The van der Waals surface area contributed by atoms with Gasteiger partial charge in [-0.05, 0) is 79.4 Å². The minimum atomic E-state index is -3.50. The second-order valence-corrected chi connectivity index (χ2v) is 10.5. The molecule has 1 aliphatic rings. The molecule has 3 N–H and O–H groups in total. The van der Waals surface area contributed by atoms with Crippen LogP contribution < -0.4 is 10.6 Å². The van der Waals surface area contributed by atoms with Gasteiger partial charge in [0.15, 0.2) is 5.11 Å². The van der Waals surface area contributed by atoms with Crippen molar-refractivity contribution >= 4 is 38.7 Å². The highest BCUT2D eigenvalue weighted by Gasteiger charge is 2.31. The Morgan fingerprint density at radius 2 is 1.67 bits per heavy atom. The van der Waals surface area contributed by atoms with Crippen molar-refractivity contribution in [3.8, 4) is 0 Å². The Labute approximate surface area is 184 Å². The molecule has 0 radical (unpaired) electrons. The van der Waals surface area contributed by atoms with Crippen molar-refractivity contribution in [1.82, 2.24) is 4.31 Å². The van der Waals surface area contributed by atoms with E-state index >= 15 is 0 Å². The highest BCUT2D eigenvalue weighted by atomic mass is 32.2. The molecule has 0 spiro atoms. The van der Waals surface area contributed by atoms with E-state index in [2.05, 4.69) is 24.5 Å². The summed E-state index contributed by atoms with van der Waals surface area (Å²) in [6.07, 6.45) is 0.494. The molecule has 2 aromatic rings. The van der Waals surface area contributed by atoms with Gasteiger partial charge in [0.2, 0.25) is 10.0 Å². The number of hydrogen-bond acceptors (Lipinski definition) is 4. The lowest BCUT2D eigenvalue weighted by Crippen LogP contribution is -2.42. The molecule has 3 rings (SSSR count). The lowest BCUT2D eigenvalue weighted by atomic mass is 9.94. The molecule has 30 heavy (non-hydrogen) atoms. The molecule has 2 aromatic carbocycles. The molecule has 0 unspecified atom stereocenters. The molecule has 0 amide bonds. The number of piperidine rings is 1. The molecular formula is C22H29N3O3S2. The lowest BCUT2D eigenvalue weighted by Gasteiger charge is -2.34. The lowest BCUT2D eigenvalue weighted by molar-refractivity contribution is 0.199. The molecular weight excluding hydrogens is 418 g/mol. The predicted molar refractivity (Wildman–Crippen MR) is 125 cm³/mol. The summed E-state index contributed by atoms with van der Waals surface area (Å²) >= 11 is 5.35. The van der Waals surface area contributed by atoms with Crippen LogP contribution in [0.5, 0.6) is 0 Å². The van der Waals surface area contributed by atoms with Gasteiger partial charge < -0.3 is 15.7 Å². The van der Waals surface area contributed by atoms with Crippen LogP contribution >= 0.6 is 12.2 Å². The Kier molecular flexibility index (Phi) is 7.13. The molecule has 1 fully saturated rings. The number of nitrogens with zero attached hydrogens (tertiary/aromatic N) is 1. The number of rotatable bonds is 5. The predicted octanol–water partition coefficient (Wildman–Crippen LogP) is 4.22. The van der Waals surface area contributed by atoms with E-state index in [4.69, 9.17) is 12.2 Å². The summed E-state index contributed by atoms with van der Waals surface area (Å²) in [4.78, 5) is 0.290. The maximum absolute atomic E-state index is 13.0. The molecule has 8 heteroatoms. The zero-order chi connectivity index (χ0) is 21.9. The second kappa shape index (κ2) is 9.43. The highest BCUT2D eigenvalue weighted by Crippen LogP contribution is 2.27. The van der Waals surface area contributed by atoms with Crippen molar-refractivity contribution in [3.63, 3.8) is 0 Å². The van der Waals surface area contributed by atoms with E-state index < -0.39 is 16.1 Å². The maximum atomic E-state index is 13.0. The van der Waals surface area contributed by atoms with Crippen molar-refractivity contribution < 1.29 is 13.5 Å². The topological polar surface area (TPSA) is 81.7 Å². The van der Waals surface area contributed by atoms with Crippen molar-refractivity contribution in [3.05, 3.63) is 54.1 Å². The minimum absolute atomic E-state index is 0.290. The smallest absolute Gasteiger partial charge is 0.243 e. The van der Waals surface area contributed by atoms with Crippen LogP contribution in [0.25, 0.3) is 0 Å². The van der Waals surface area contributed by atoms with E-state index in [9.17, 15) is 13.5 Å². The van der Waals surface area contributed by atoms with Crippen LogP contribution in [0.1, 0.15) is 38.9 Å². The normalized spacial score (nSPS) is 21.1. The van der Waals surface area contributed by atoms with E-state index in [1.54, 1.807) is 35.5 Å². The standard InChI is InChI=1S/C22H29N3O3S2/c1-15-11-16(2)14-25(13-15)30(27,28)21-9-7-19(8-10-21)23-22(29)24-20-6-4-5-18(12-20)17(3)26/h4-10,12,15-17,26H,11,13-14H2,1-3H3,(H2,23,24,29)/t15-,16-,17+/m0/s1. The van der Waals surface area contributed by atoms with Gasteiger partial charge >= 0.3 is 0 Å². The van der Waals surface area contributed by atoms with Gasteiger partial charge in [0, 0.05) is 24.5 Å². The first-order chi connectivity index (χ1) is 14.1. The van der Waals surface area contributed by atoms with Gasteiger partial charge in [0.1, 0.15) is 0 Å². The molecule has 1 aliphatic heterocycles. The molecule has 1 heterocycles. The van der Waals surface area contributed by atoms with Gasteiger partial charge in [-0.25, -0.2) is 8.42 Å². The van der Waals surface area contributed by atoms with E-state index in [1.165, 1.54) is 0 Å².